The summed E-state index contributed by atoms with van der Waals surface area (Å²) in [4.78, 5) is 19.5. The Balaban J connectivity index is 1.85. The lowest BCUT2D eigenvalue weighted by atomic mass is 9.75. The van der Waals surface area contributed by atoms with E-state index in [0.717, 1.165) is 17.2 Å². The molecular formula is C20H14F4N4O2S. The molecular weight excluding hydrogens is 436 g/mol. The topological polar surface area (TPSA) is 69.5 Å². The maximum atomic E-state index is 13.7. The summed E-state index contributed by atoms with van der Waals surface area (Å²) >= 11 is 5.50. The van der Waals surface area contributed by atoms with Gasteiger partial charge in [0, 0.05) is 6.07 Å². The van der Waals surface area contributed by atoms with Gasteiger partial charge in [0.1, 0.15) is 23.2 Å². The number of benzene rings is 1. The molecule has 1 amide bonds. The first kappa shape index (κ1) is 21.0. The molecule has 6 nitrogen and oxygen atoms in total. The van der Waals surface area contributed by atoms with E-state index < -0.39 is 34.7 Å². The van der Waals surface area contributed by atoms with Gasteiger partial charge in [0.15, 0.2) is 10.8 Å². The molecule has 1 aliphatic heterocycles. The molecule has 0 bridgehead atoms. The number of alkyl halides is 3. The second-order valence-corrected chi connectivity index (χ2v) is 7.52. The van der Waals surface area contributed by atoms with Crippen LogP contribution in [0.4, 0.5) is 28.9 Å². The lowest BCUT2D eigenvalue weighted by molar-refractivity contribution is -0.138. The van der Waals surface area contributed by atoms with E-state index in [1.165, 1.54) is 30.2 Å². The second kappa shape index (κ2) is 7.16. The van der Waals surface area contributed by atoms with Crippen LogP contribution in [0, 0.1) is 17.1 Å². The van der Waals surface area contributed by atoms with Gasteiger partial charge < -0.3 is 4.74 Å². The van der Waals surface area contributed by atoms with Crippen molar-refractivity contribution in [2.75, 3.05) is 16.9 Å². The van der Waals surface area contributed by atoms with E-state index in [1.807, 2.05) is 0 Å². The summed E-state index contributed by atoms with van der Waals surface area (Å²) in [5, 5.41) is 8.90. The quantitative estimate of drug-likeness (QED) is 0.516. The molecule has 1 saturated carbocycles. The average Bonchev–Trinajstić information content (AvgIpc) is 2.93. The van der Waals surface area contributed by atoms with E-state index in [-0.39, 0.29) is 16.5 Å². The summed E-state index contributed by atoms with van der Waals surface area (Å²) in [5.74, 6) is -0.922. The Morgan fingerprint density at radius 3 is 2.55 bits per heavy atom. The summed E-state index contributed by atoms with van der Waals surface area (Å²) in [5.41, 5.74) is -3.03. The summed E-state index contributed by atoms with van der Waals surface area (Å²) < 4.78 is 59.2. The van der Waals surface area contributed by atoms with E-state index in [4.69, 9.17) is 22.2 Å². The highest BCUT2D eigenvalue weighted by molar-refractivity contribution is 7.81. The minimum absolute atomic E-state index is 0.0748. The Bertz CT molecular complexity index is 1140. The number of aromatic nitrogens is 1. The molecule has 0 atom stereocenters. The molecule has 0 radical (unpaired) electrons. The van der Waals surface area contributed by atoms with E-state index in [0.29, 0.717) is 31.0 Å². The van der Waals surface area contributed by atoms with Gasteiger partial charge in [-0.05, 0) is 49.7 Å². The maximum absolute atomic E-state index is 13.7. The molecule has 1 spiro atoms. The molecule has 0 N–H and O–H groups in total. The van der Waals surface area contributed by atoms with Crippen molar-refractivity contribution in [3.63, 3.8) is 0 Å². The Morgan fingerprint density at radius 2 is 2.00 bits per heavy atom. The molecule has 1 aliphatic carbocycles. The number of carbonyl (C=O) groups excluding carboxylic acids is 1. The third-order valence-corrected chi connectivity index (χ3v) is 5.88. The highest BCUT2D eigenvalue weighted by Crippen LogP contribution is 2.50. The summed E-state index contributed by atoms with van der Waals surface area (Å²) in [7, 11) is 1.34. The van der Waals surface area contributed by atoms with Crippen LogP contribution in [0.25, 0.3) is 0 Å². The van der Waals surface area contributed by atoms with E-state index in [2.05, 4.69) is 4.98 Å². The van der Waals surface area contributed by atoms with Crippen LogP contribution in [0.15, 0.2) is 30.5 Å². The van der Waals surface area contributed by atoms with Gasteiger partial charge in [0.05, 0.1) is 30.2 Å². The van der Waals surface area contributed by atoms with Gasteiger partial charge in [0.25, 0.3) is 5.91 Å². The normalized spacial score (nSPS) is 17.7. The van der Waals surface area contributed by atoms with E-state index in [9.17, 15) is 22.4 Å². The van der Waals surface area contributed by atoms with E-state index >= 15 is 0 Å². The lowest BCUT2D eigenvalue weighted by Gasteiger charge is -2.43. The fraction of sp³-hybridized carbons (Fsp3) is 0.300. The van der Waals surface area contributed by atoms with Crippen LogP contribution in [0.5, 0.6) is 5.75 Å². The van der Waals surface area contributed by atoms with Crippen LogP contribution in [0.2, 0.25) is 0 Å². The minimum Gasteiger partial charge on any atom is -0.494 e. The Hall–Kier alpha value is -3.26. The van der Waals surface area contributed by atoms with Crippen LogP contribution < -0.4 is 14.5 Å². The van der Waals surface area contributed by atoms with Crippen molar-refractivity contribution in [1.29, 1.82) is 5.26 Å². The van der Waals surface area contributed by atoms with E-state index in [1.54, 1.807) is 0 Å². The molecule has 2 heterocycles. The molecule has 11 heteroatoms. The summed E-state index contributed by atoms with van der Waals surface area (Å²) in [6.45, 7) is 0. The Labute approximate surface area is 179 Å². The van der Waals surface area contributed by atoms with Gasteiger partial charge >= 0.3 is 6.18 Å². The molecule has 4 rings (SSSR count). The highest BCUT2D eigenvalue weighted by Gasteiger charge is 2.60. The van der Waals surface area contributed by atoms with Gasteiger partial charge in [-0.1, -0.05) is 0 Å². The maximum Gasteiger partial charge on any atom is 0.419 e. The predicted octanol–water partition coefficient (Wildman–Crippen LogP) is 4.18. The van der Waals surface area contributed by atoms with Crippen LogP contribution in [0.1, 0.15) is 30.5 Å². The van der Waals surface area contributed by atoms with Gasteiger partial charge in [0.2, 0.25) is 0 Å². The monoisotopic (exact) mass is 450 g/mol. The van der Waals surface area contributed by atoms with Gasteiger partial charge in [-0.3, -0.25) is 14.6 Å². The minimum atomic E-state index is -4.84. The third kappa shape index (κ3) is 3.09. The smallest absolute Gasteiger partial charge is 0.419 e. The Morgan fingerprint density at radius 1 is 1.29 bits per heavy atom. The number of carbonyl (C=O) groups is 1. The largest absolute Gasteiger partial charge is 0.494 e. The van der Waals surface area contributed by atoms with Crippen LogP contribution in [-0.4, -0.2) is 28.7 Å². The molecule has 2 aromatic rings. The Kier molecular flexibility index (Phi) is 4.85. The zero-order valence-electron chi connectivity index (χ0n) is 16.0. The SMILES string of the molecule is COc1cc(F)ccc1N1C(=S)N(c2cnc(C#N)c(C(F)(F)F)c2)C(=O)C12CCC2. The first-order valence-electron chi connectivity index (χ1n) is 9.13. The van der Waals surface area contributed by atoms with Crippen molar-refractivity contribution in [2.24, 2.45) is 0 Å². The van der Waals surface area contributed by atoms with Gasteiger partial charge in [-0.2, -0.15) is 18.4 Å². The van der Waals surface area contributed by atoms with Crippen LogP contribution in [0.3, 0.4) is 0 Å². The number of thiocarbonyl (C=S) groups is 1. The first-order valence-corrected chi connectivity index (χ1v) is 9.54. The van der Waals surface area contributed by atoms with Crippen LogP contribution >= 0.6 is 12.2 Å². The van der Waals surface area contributed by atoms with Crippen molar-refractivity contribution in [1.82, 2.24) is 4.98 Å². The van der Waals surface area contributed by atoms with Crippen molar-refractivity contribution in [3.8, 4) is 11.8 Å². The molecule has 2 fully saturated rings. The molecule has 31 heavy (non-hydrogen) atoms. The predicted molar refractivity (Wildman–Crippen MR) is 106 cm³/mol. The van der Waals surface area contributed by atoms with Crippen molar-refractivity contribution in [3.05, 3.63) is 47.5 Å². The standard InChI is InChI=1S/C20H14F4N4O2S/c1-30-16-7-11(21)3-4-15(16)28-18(31)27(17(29)19(28)5-2-6-19)12-8-13(20(22,23)24)14(9-25)26-10-12/h3-4,7-8,10H,2,5-6H2,1H3. The molecule has 1 aromatic carbocycles. The number of hydrogen-bond acceptors (Lipinski definition) is 5. The molecule has 2 aliphatic rings. The second-order valence-electron chi connectivity index (χ2n) is 7.16. The van der Waals surface area contributed by atoms with Crippen molar-refractivity contribution < 1.29 is 27.1 Å². The molecule has 0 unspecified atom stereocenters. The zero-order valence-corrected chi connectivity index (χ0v) is 16.9. The molecule has 1 aromatic heterocycles. The number of rotatable bonds is 3. The van der Waals surface area contributed by atoms with Gasteiger partial charge in [-0.25, -0.2) is 9.37 Å². The third-order valence-electron chi connectivity index (χ3n) is 5.52. The number of ether oxygens (including phenoxy) is 1. The first-order chi connectivity index (χ1) is 14.6. The van der Waals surface area contributed by atoms with Crippen LogP contribution in [-0.2, 0) is 11.0 Å². The fourth-order valence-electron chi connectivity index (χ4n) is 3.90. The number of anilines is 2. The number of nitriles is 1. The number of nitrogens with zero attached hydrogens (tertiary/aromatic N) is 4. The summed E-state index contributed by atoms with van der Waals surface area (Å²) in [6, 6.07) is 5.83. The summed E-state index contributed by atoms with van der Waals surface area (Å²) in [6.07, 6.45) is -2.29. The van der Waals surface area contributed by atoms with Gasteiger partial charge in [-0.15, -0.1) is 0 Å². The van der Waals surface area contributed by atoms with Crippen molar-refractivity contribution >= 4 is 34.6 Å². The zero-order chi connectivity index (χ0) is 22.6. The molecule has 160 valence electrons. The number of hydrogen-bond donors (Lipinski definition) is 0. The van der Waals surface area contributed by atoms with Crippen molar-refractivity contribution in [2.45, 2.75) is 31.0 Å². The fourth-order valence-corrected chi connectivity index (χ4v) is 4.36. The lowest BCUT2D eigenvalue weighted by Crippen LogP contribution is -2.55. The number of halogens is 4. The molecule has 1 saturated heterocycles. The number of pyridine rings is 1. The number of methoxy groups -OCH3 is 1. The number of amides is 1. The highest BCUT2D eigenvalue weighted by atomic mass is 32.1. The average molecular weight is 450 g/mol.